The van der Waals surface area contributed by atoms with Crippen molar-refractivity contribution >= 4 is 21.4 Å². The lowest BCUT2D eigenvalue weighted by atomic mass is 9.85. The molecule has 0 bridgehead atoms. The minimum absolute atomic E-state index is 0.0634. The number of sulfonamides is 1. The number of anilines is 1. The Hall–Kier alpha value is -2.45. The van der Waals surface area contributed by atoms with Gasteiger partial charge in [0.05, 0.1) is 15.9 Å². The molecule has 0 aromatic heterocycles. The lowest BCUT2D eigenvalue weighted by Crippen LogP contribution is -2.19. The number of rotatable bonds is 5. The van der Waals surface area contributed by atoms with Gasteiger partial charge >= 0.3 is 0 Å². The van der Waals surface area contributed by atoms with E-state index in [1.54, 1.807) is 0 Å². The molecule has 3 rings (SSSR count). The number of primary sulfonamides is 1. The van der Waals surface area contributed by atoms with Crippen molar-refractivity contribution in [2.75, 3.05) is 5.32 Å². The Bertz CT molecular complexity index is 986. The van der Waals surface area contributed by atoms with Crippen LogP contribution in [0.2, 0.25) is 0 Å². The van der Waals surface area contributed by atoms with Gasteiger partial charge in [0.25, 0.3) is 5.69 Å². The van der Waals surface area contributed by atoms with Gasteiger partial charge in [0.2, 0.25) is 10.0 Å². The van der Waals surface area contributed by atoms with Crippen molar-refractivity contribution in [3.8, 4) is 0 Å². The maximum atomic E-state index is 11.5. The zero-order chi connectivity index (χ0) is 19.8. The number of benzene rings is 2. The first-order valence-corrected chi connectivity index (χ1v) is 10.4. The summed E-state index contributed by atoms with van der Waals surface area (Å²) in [4.78, 5) is 10.6. The lowest BCUT2D eigenvalue weighted by molar-refractivity contribution is -0.384. The molecular formula is C19H23N3O4S. The second-order valence-corrected chi connectivity index (χ2v) is 8.74. The highest BCUT2D eigenvalue weighted by molar-refractivity contribution is 7.89. The fraction of sp³-hybridized carbons (Fsp3) is 0.368. The second-order valence-electron chi connectivity index (χ2n) is 7.18. The van der Waals surface area contributed by atoms with E-state index in [9.17, 15) is 18.5 Å². The number of nitrogens with two attached hydrogens (primary N) is 1. The summed E-state index contributed by atoms with van der Waals surface area (Å²) in [5, 5.41) is 19.8. The number of nitro benzene ring substituents is 1. The molecule has 0 heterocycles. The summed E-state index contributed by atoms with van der Waals surface area (Å²) in [6, 6.07) is 10.1. The Kier molecular flexibility index (Phi) is 5.21. The van der Waals surface area contributed by atoms with Gasteiger partial charge in [0, 0.05) is 6.07 Å². The zero-order valence-electron chi connectivity index (χ0n) is 15.3. The predicted molar refractivity (Wildman–Crippen MR) is 104 cm³/mol. The van der Waals surface area contributed by atoms with E-state index < -0.39 is 14.9 Å². The normalized spacial score (nSPS) is 16.8. The standard InChI is InChI=1S/C19H23N3O4S/c1-12(2)14-7-6-13-4-3-5-17(16(13)10-14)21-18-9-8-15(27(20,25)26)11-19(18)22(23)24/h6-12,17,21H,3-5H2,1-2H3,(H2,20,25,26)/t17-/m1/s1. The molecule has 1 aliphatic carbocycles. The molecule has 1 aliphatic rings. The van der Waals surface area contributed by atoms with E-state index in [-0.39, 0.29) is 16.6 Å². The van der Waals surface area contributed by atoms with Gasteiger partial charge in [0.15, 0.2) is 0 Å². The second kappa shape index (κ2) is 7.28. The fourth-order valence-electron chi connectivity index (χ4n) is 3.48. The minimum Gasteiger partial charge on any atom is -0.373 e. The highest BCUT2D eigenvalue weighted by atomic mass is 32.2. The lowest BCUT2D eigenvalue weighted by Gasteiger charge is -2.28. The van der Waals surface area contributed by atoms with Crippen molar-refractivity contribution in [2.45, 2.75) is 50.0 Å². The zero-order valence-corrected chi connectivity index (χ0v) is 16.1. The highest BCUT2D eigenvalue weighted by Crippen LogP contribution is 2.37. The third kappa shape index (κ3) is 4.12. The molecule has 2 aromatic carbocycles. The van der Waals surface area contributed by atoms with Crippen molar-refractivity contribution in [1.82, 2.24) is 0 Å². The minimum atomic E-state index is -4.00. The third-order valence-corrected chi connectivity index (χ3v) is 5.89. The molecular weight excluding hydrogens is 366 g/mol. The molecule has 8 heteroatoms. The van der Waals surface area contributed by atoms with Crippen molar-refractivity contribution in [3.63, 3.8) is 0 Å². The largest absolute Gasteiger partial charge is 0.373 e. The van der Waals surface area contributed by atoms with Crippen molar-refractivity contribution in [1.29, 1.82) is 0 Å². The Balaban J connectivity index is 1.99. The summed E-state index contributed by atoms with van der Waals surface area (Å²) in [7, 11) is -4.00. The Labute approximate surface area is 158 Å². The average Bonchev–Trinajstić information content (AvgIpc) is 2.60. The van der Waals surface area contributed by atoms with E-state index >= 15 is 0 Å². The topological polar surface area (TPSA) is 115 Å². The van der Waals surface area contributed by atoms with Crippen LogP contribution in [0.1, 0.15) is 55.3 Å². The number of nitrogens with one attached hydrogen (secondary N) is 1. The van der Waals surface area contributed by atoms with E-state index in [0.717, 1.165) is 30.9 Å². The average molecular weight is 389 g/mol. The van der Waals surface area contributed by atoms with Crippen LogP contribution in [0.5, 0.6) is 0 Å². The van der Waals surface area contributed by atoms with Gasteiger partial charge in [-0.05, 0) is 54.0 Å². The van der Waals surface area contributed by atoms with Crippen molar-refractivity contribution < 1.29 is 13.3 Å². The van der Waals surface area contributed by atoms with Gasteiger partial charge < -0.3 is 5.32 Å². The van der Waals surface area contributed by atoms with E-state index in [2.05, 4.69) is 37.4 Å². The van der Waals surface area contributed by atoms with Crippen LogP contribution in [0.15, 0.2) is 41.3 Å². The first-order valence-electron chi connectivity index (χ1n) is 8.87. The van der Waals surface area contributed by atoms with Crippen LogP contribution in [-0.2, 0) is 16.4 Å². The van der Waals surface area contributed by atoms with Gasteiger partial charge in [-0.2, -0.15) is 0 Å². The van der Waals surface area contributed by atoms with Gasteiger partial charge in [-0.25, -0.2) is 13.6 Å². The molecule has 3 N–H and O–H groups in total. The van der Waals surface area contributed by atoms with Gasteiger partial charge in [0.1, 0.15) is 5.69 Å². The number of aryl methyl sites for hydroxylation is 1. The molecule has 1 atom stereocenters. The predicted octanol–water partition coefficient (Wildman–Crippen LogP) is 3.86. The highest BCUT2D eigenvalue weighted by Gasteiger charge is 2.25. The Morgan fingerprint density at radius 2 is 1.96 bits per heavy atom. The Morgan fingerprint density at radius 1 is 1.22 bits per heavy atom. The van der Waals surface area contributed by atoms with E-state index in [1.165, 1.54) is 23.3 Å². The summed E-state index contributed by atoms with van der Waals surface area (Å²) < 4.78 is 23.0. The molecule has 0 saturated heterocycles. The molecule has 0 saturated carbocycles. The summed E-state index contributed by atoms with van der Waals surface area (Å²) in [6.07, 6.45) is 2.82. The number of fused-ring (bicyclic) bond motifs is 1. The summed E-state index contributed by atoms with van der Waals surface area (Å²) in [5.41, 5.74) is 3.61. The number of nitrogens with zero attached hydrogens (tertiary/aromatic N) is 1. The molecule has 7 nitrogen and oxygen atoms in total. The molecule has 2 aromatic rings. The van der Waals surface area contributed by atoms with Crippen LogP contribution < -0.4 is 10.5 Å². The van der Waals surface area contributed by atoms with Crippen LogP contribution in [0, 0.1) is 10.1 Å². The fourth-order valence-corrected chi connectivity index (χ4v) is 4.01. The summed E-state index contributed by atoms with van der Waals surface area (Å²) in [6.45, 7) is 4.26. The SMILES string of the molecule is CC(C)c1ccc2c(c1)[C@H](Nc1ccc(S(N)(=O)=O)cc1[N+](=O)[O-])CCC2. The first-order chi connectivity index (χ1) is 12.7. The maximum Gasteiger partial charge on any atom is 0.293 e. The van der Waals surface area contributed by atoms with Crippen molar-refractivity contribution in [3.05, 3.63) is 63.2 Å². The molecule has 0 amide bonds. The van der Waals surface area contributed by atoms with E-state index in [0.29, 0.717) is 11.6 Å². The number of hydrogen-bond donors (Lipinski definition) is 2. The third-order valence-electron chi connectivity index (χ3n) is 4.98. The molecule has 0 radical (unpaired) electrons. The molecule has 0 unspecified atom stereocenters. The first kappa shape index (κ1) is 19.3. The van der Waals surface area contributed by atoms with Crippen LogP contribution in [0.4, 0.5) is 11.4 Å². The van der Waals surface area contributed by atoms with Crippen LogP contribution in [0.25, 0.3) is 0 Å². The van der Waals surface area contributed by atoms with E-state index in [4.69, 9.17) is 5.14 Å². The summed E-state index contributed by atoms with van der Waals surface area (Å²) >= 11 is 0. The molecule has 0 spiro atoms. The molecule has 27 heavy (non-hydrogen) atoms. The monoisotopic (exact) mass is 389 g/mol. The number of hydrogen-bond acceptors (Lipinski definition) is 5. The molecule has 0 fully saturated rings. The van der Waals surface area contributed by atoms with Crippen molar-refractivity contribution in [2.24, 2.45) is 5.14 Å². The quantitative estimate of drug-likeness (QED) is 0.595. The molecule has 144 valence electrons. The van der Waals surface area contributed by atoms with Gasteiger partial charge in [-0.15, -0.1) is 0 Å². The molecule has 0 aliphatic heterocycles. The van der Waals surface area contributed by atoms with Crippen LogP contribution >= 0.6 is 0 Å². The van der Waals surface area contributed by atoms with E-state index in [1.807, 2.05) is 0 Å². The van der Waals surface area contributed by atoms with Crippen LogP contribution in [0.3, 0.4) is 0 Å². The van der Waals surface area contributed by atoms with Gasteiger partial charge in [-0.3, -0.25) is 10.1 Å². The maximum absolute atomic E-state index is 11.5. The van der Waals surface area contributed by atoms with Crippen LogP contribution in [-0.4, -0.2) is 13.3 Å². The van der Waals surface area contributed by atoms with Gasteiger partial charge in [-0.1, -0.05) is 32.0 Å². The smallest absolute Gasteiger partial charge is 0.293 e. The Morgan fingerprint density at radius 3 is 2.59 bits per heavy atom. The summed E-state index contributed by atoms with van der Waals surface area (Å²) in [5.74, 6) is 0.390. The number of nitro groups is 1.